The second-order valence-corrected chi connectivity index (χ2v) is 5.66. The molecule has 90 valence electrons. The minimum Gasteiger partial charge on any atom is -0.374 e. The molecule has 0 aliphatic carbocycles. The zero-order valence-corrected chi connectivity index (χ0v) is 11.4. The lowest BCUT2D eigenvalue weighted by atomic mass is 10.0. The van der Waals surface area contributed by atoms with Crippen LogP contribution < -0.4 is 10.6 Å². The van der Waals surface area contributed by atoms with Crippen molar-refractivity contribution in [1.29, 1.82) is 0 Å². The minimum absolute atomic E-state index is 0.156. The molecule has 0 spiro atoms. The van der Waals surface area contributed by atoms with Gasteiger partial charge >= 0.3 is 0 Å². The maximum atomic E-state index is 5.95. The summed E-state index contributed by atoms with van der Waals surface area (Å²) >= 11 is 11.9. The van der Waals surface area contributed by atoms with Gasteiger partial charge in [-0.1, -0.05) is 23.2 Å². The van der Waals surface area contributed by atoms with E-state index in [4.69, 9.17) is 28.9 Å². The van der Waals surface area contributed by atoms with E-state index in [2.05, 4.69) is 4.90 Å². The van der Waals surface area contributed by atoms with Gasteiger partial charge in [0.1, 0.15) is 0 Å². The van der Waals surface area contributed by atoms with Crippen molar-refractivity contribution in [3.63, 3.8) is 0 Å². The highest BCUT2D eigenvalue weighted by Crippen LogP contribution is 2.25. The van der Waals surface area contributed by atoms with E-state index in [0.717, 1.165) is 18.7 Å². The maximum absolute atomic E-state index is 5.95. The quantitative estimate of drug-likeness (QED) is 0.897. The Bertz CT molecular complexity index is 338. The van der Waals surface area contributed by atoms with Crippen LogP contribution in [-0.4, -0.2) is 19.1 Å². The van der Waals surface area contributed by atoms with E-state index in [-0.39, 0.29) is 5.54 Å². The largest absolute Gasteiger partial charge is 0.374 e. The molecule has 0 amide bonds. The number of benzene rings is 1. The highest BCUT2D eigenvalue weighted by Gasteiger charge is 2.12. The second kappa shape index (κ2) is 5.26. The Morgan fingerprint density at radius 2 is 1.69 bits per heavy atom. The summed E-state index contributed by atoms with van der Waals surface area (Å²) in [5.41, 5.74) is 6.80. The fraction of sp³-hybridized carbons (Fsp3) is 0.500. The van der Waals surface area contributed by atoms with E-state index in [9.17, 15) is 0 Å². The lowest BCUT2D eigenvalue weighted by Crippen LogP contribution is -2.36. The first-order valence-corrected chi connectivity index (χ1v) is 6.00. The standard InChI is InChI=1S/C12H18Cl2N2/c1-12(2,15)4-5-16(3)11-7-9(13)6-10(14)8-11/h6-8H,4-5,15H2,1-3H3. The summed E-state index contributed by atoms with van der Waals surface area (Å²) in [6.45, 7) is 4.91. The Morgan fingerprint density at radius 1 is 1.19 bits per heavy atom. The molecule has 0 aromatic heterocycles. The molecule has 1 aromatic rings. The highest BCUT2D eigenvalue weighted by molar-refractivity contribution is 6.35. The first-order valence-electron chi connectivity index (χ1n) is 5.24. The van der Waals surface area contributed by atoms with Gasteiger partial charge in [0, 0.05) is 34.9 Å². The number of rotatable bonds is 4. The van der Waals surface area contributed by atoms with Crippen LogP contribution in [0.5, 0.6) is 0 Å². The molecule has 0 heterocycles. The van der Waals surface area contributed by atoms with Crippen LogP contribution in [0.4, 0.5) is 5.69 Å². The molecule has 2 nitrogen and oxygen atoms in total. The molecule has 0 saturated heterocycles. The van der Waals surface area contributed by atoms with Gasteiger partial charge in [0.25, 0.3) is 0 Å². The number of halogens is 2. The van der Waals surface area contributed by atoms with Gasteiger partial charge in [0.15, 0.2) is 0 Å². The molecule has 0 saturated carbocycles. The Kier molecular flexibility index (Phi) is 4.48. The Morgan fingerprint density at radius 3 is 2.12 bits per heavy atom. The summed E-state index contributed by atoms with van der Waals surface area (Å²) in [7, 11) is 2.01. The molecule has 1 rings (SSSR count). The van der Waals surface area contributed by atoms with E-state index in [1.807, 2.05) is 33.0 Å². The SMILES string of the molecule is CN(CCC(C)(C)N)c1cc(Cl)cc(Cl)c1. The first-order chi connectivity index (χ1) is 7.28. The van der Waals surface area contributed by atoms with Gasteiger partial charge in [0.2, 0.25) is 0 Å². The zero-order valence-electron chi connectivity index (χ0n) is 9.93. The molecule has 0 bridgehead atoms. The van der Waals surface area contributed by atoms with E-state index in [1.165, 1.54) is 0 Å². The molecule has 4 heteroatoms. The highest BCUT2D eigenvalue weighted by atomic mass is 35.5. The number of nitrogens with two attached hydrogens (primary N) is 1. The first kappa shape index (κ1) is 13.6. The normalized spacial score (nSPS) is 11.6. The van der Waals surface area contributed by atoms with Gasteiger partial charge in [-0.2, -0.15) is 0 Å². The molecule has 1 aromatic carbocycles. The van der Waals surface area contributed by atoms with Crippen LogP contribution in [0.2, 0.25) is 10.0 Å². The third-order valence-electron chi connectivity index (χ3n) is 2.38. The smallest absolute Gasteiger partial charge is 0.0441 e. The topological polar surface area (TPSA) is 29.3 Å². The summed E-state index contributed by atoms with van der Waals surface area (Å²) in [6.07, 6.45) is 0.910. The average Bonchev–Trinajstić information content (AvgIpc) is 2.11. The molecular formula is C12H18Cl2N2. The predicted molar refractivity (Wildman–Crippen MR) is 72.6 cm³/mol. The van der Waals surface area contributed by atoms with Crippen molar-refractivity contribution < 1.29 is 0 Å². The number of nitrogens with zero attached hydrogens (tertiary/aromatic N) is 1. The molecule has 0 atom stereocenters. The molecule has 0 fully saturated rings. The number of hydrogen-bond acceptors (Lipinski definition) is 2. The Labute approximate surface area is 107 Å². The van der Waals surface area contributed by atoms with Gasteiger partial charge in [-0.05, 0) is 38.5 Å². The van der Waals surface area contributed by atoms with E-state index in [1.54, 1.807) is 6.07 Å². The van der Waals surface area contributed by atoms with Crippen LogP contribution in [0.15, 0.2) is 18.2 Å². The fourth-order valence-electron chi connectivity index (χ4n) is 1.34. The minimum atomic E-state index is -0.156. The van der Waals surface area contributed by atoms with Crippen LogP contribution in [0.1, 0.15) is 20.3 Å². The van der Waals surface area contributed by atoms with Gasteiger partial charge in [-0.25, -0.2) is 0 Å². The monoisotopic (exact) mass is 260 g/mol. The Balaban J connectivity index is 2.69. The molecule has 2 N–H and O–H groups in total. The third kappa shape index (κ3) is 4.60. The van der Waals surface area contributed by atoms with Crippen molar-refractivity contribution in [2.75, 3.05) is 18.5 Å². The summed E-state index contributed by atoms with van der Waals surface area (Å²) in [6, 6.07) is 5.53. The van der Waals surface area contributed by atoms with Crippen molar-refractivity contribution in [1.82, 2.24) is 0 Å². The van der Waals surface area contributed by atoms with Gasteiger partial charge in [-0.15, -0.1) is 0 Å². The fourth-order valence-corrected chi connectivity index (χ4v) is 1.86. The summed E-state index contributed by atoms with van der Waals surface area (Å²) in [5, 5.41) is 1.31. The van der Waals surface area contributed by atoms with Gasteiger partial charge < -0.3 is 10.6 Å². The van der Waals surface area contributed by atoms with E-state index >= 15 is 0 Å². The average molecular weight is 261 g/mol. The summed E-state index contributed by atoms with van der Waals surface area (Å²) in [5.74, 6) is 0. The van der Waals surface area contributed by atoms with Crippen molar-refractivity contribution in [2.45, 2.75) is 25.8 Å². The lowest BCUT2D eigenvalue weighted by Gasteiger charge is -2.25. The lowest BCUT2D eigenvalue weighted by molar-refractivity contribution is 0.479. The molecule has 0 aliphatic heterocycles. The van der Waals surface area contributed by atoms with Crippen molar-refractivity contribution >= 4 is 28.9 Å². The Hall–Kier alpha value is -0.440. The third-order valence-corrected chi connectivity index (χ3v) is 2.82. The van der Waals surface area contributed by atoms with Crippen molar-refractivity contribution in [3.8, 4) is 0 Å². The molecule has 0 aliphatic rings. The zero-order chi connectivity index (χ0) is 12.3. The number of hydrogen-bond donors (Lipinski definition) is 1. The van der Waals surface area contributed by atoms with Crippen molar-refractivity contribution in [3.05, 3.63) is 28.2 Å². The maximum Gasteiger partial charge on any atom is 0.0441 e. The van der Waals surface area contributed by atoms with Crippen LogP contribution in [-0.2, 0) is 0 Å². The predicted octanol–water partition coefficient (Wildman–Crippen LogP) is 3.56. The van der Waals surface area contributed by atoms with Crippen LogP contribution in [0, 0.1) is 0 Å². The summed E-state index contributed by atoms with van der Waals surface area (Å²) < 4.78 is 0. The van der Waals surface area contributed by atoms with Gasteiger partial charge in [0.05, 0.1) is 0 Å². The van der Waals surface area contributed by atoms with Crippen LogP contribution in [0.3, 0.4) is 0 Å². The van der Waals surface area contributed by atoms with E-state index in [0.29, 0.717) is 10.0 Å². The van der Waals surface area contributed by atoms with E-state index < -0.39 is 0 Å². The van der Waals surface area contributed by atoms with Gasteiger partial charge in [-0.3, -0.25) is 0 Å². The van der Waals surface area contributed by atoms with Crippen LogP contribution >= 0.6 is 23.2 Å². The summed E-state index contributed by atoms with van der Waals surface area (Å²) in [4.78, 5) is 2.10. The molecular weight excluding hydrogens is 243 g/mol. The molecule has 16 heavy (non-hydrogen) atoms. The van der Waals surface area contributed by atoms with Crippen LogP contribution in [0.25, 0.3) is 0 Å². The van der Waals surface area contributed by atoms with Crippen molar-refractivity contribution in [2.24, 2.45) is 5.73 Å². The molecule has 0 radical (unpaired) electrons. The number of anilines is 1. The molecule has 0 unspecified atom stereocenters. The second-order valence-electron chi connectivity index (χ2n) is 4.79.